The molecule has 0 aliphatic heterocycles. The summed E-state index contributed by atoms with van der Waals surface area (Å²) < 4.78 is 10.8. The lowest BCUT2D eigenvalue weighted by molar-refractivity contribution is -0.133. The maximum absolute atomic E-state index is 12.2. The number of hydrogen-bond acceptors (Lipinski definition) is 4. The van der Waals surface area contributed by atoms with Crippen molar-refractivity contribution in [1.82, 2.24) is 4.98 Å². The Morgan fingerprint density at radius 2 is 1.85 bits per heavy atom. The molecular weight excluding hydrogens is 362 g/mol. The first kappa shape index (κ1) is 18.7. The fraction of sp³-hybridized carbons (Fsp3) is 0.0909. The van der Waals surface area contributed by atoms with Crippen LogP contribution in [0.3, 0.4) is 0 Å². The van der Waals surface area contributed by atoms with E-state index in [9.17, 15) is 4.79 Å². The predicted octanol–water partition coefficient (Wildman–Crippen LogP) is 5.06. The van der Waals surface area contributed by atoms with E-state index in [2.05, 4.69) is 4.98 Å². The summed E-state index contributed by atoms with van der Waals surface area (Å²) in [4.78, 5) is 16.4. The summed E-state index contributed by atoms with van der Waals surface area (Å²) >= 11 is 5.86. The molecule has 0 bridgehead atoms. The van der Waals surface area contributed by atoms with Gasteiger partial charge in [0.1, 0.15) is 0 Å². The third-order valence-corrected chi connectivity index (χ3v) is 4.06. The summed E-state index contributed by atoms with van der Waals surface area (Å²) in [5.41, 5.74) is 2.60. The fourth-order valence-electron chi connectivity index (χ4n) is 2.46. The van der Waals surface area contributed by atoms with E-state index >= 15 is 0 Å². The molecule has 0 N–H and O–H groups in total. The second-order valence-electron chi connectivity index (χ2n) is 5.78. The number of rotatable bonds is 6. The minimum atomic E-state index is -0.368. The monoisotopic (exact) mass is 379 g/mol. The largest absolute Gasteiger partial charge is 0.493 e. The third-order valence-electron chi connectivity index (χ3n) is 3.81. The van der Waals surface area contributed by atoms with Crippen molar-refractivity contribution in [3.63, 3.8) is 0 Å². The van der Waals surface area contributed by atoms with Crippen LogP contribution >= 0.6 is 11.6 Å². The predicted molar refractivity (Wildman–Crippen MR) is 107 cm³/mol. The van der Waals surface area contributed by atoms with E-state index in [0.29, 0.717) is 16.5 Å². The molecule has 0 aliphatic carbocycles. The van der Waals surface area contributed by atoms with Gasteiger partial charge in [-0.1, -0.05) is 41.9 Å². The van der Waals surface area contributed by atoms with Crippen molar-refractivity contribution in [2.24, 2.45) is 0 Å². The maximum Gasteiger partial charge on any atom is 0.315 e. The molecule has 0 saturated carbocycles. The number of aromatic nitrogens is 1. The Hall–Kier alpha value is -3.11. The molecule has 0 unspecified atom stereocenters. The molecule has 1 heterocycles. The highest BCUT2D eigenvalue weighted by atomic mass is 35.5. The van der Waals surface area contributed by atoms with Crippen LogP contribution in [-0.2, 0) is 11.2 Å². The van der Waals surface area contributed by atoms with Crippen molar-refractivity contribution in [2.45, 2.75) is 6.42 Å². The van der Waals surface area contributed by atoms with E-state index in [1.54, 1.807) is 36.5 Å². The molecule has 3 aromatic rings. The number of carbonyl (C=O) groups excluding carboxylic acids is 1. The average Bonchev–Trinajstić information content (AvgIpc) is 2.69. The number of hydrogen-bond donors (Lipinski definition) is 0. The van der Waals surface area contributed by atoms with Gasteiger partial charge in [-0.15, -0.1) is 0 Å². The first-order valence-corrected chi connectivity index (χ1v) is 8.74. The van der Waals surface area contributed by atoms with Gasteiger partial charge in [-0.05, 0) is 53.6 Å². The van der Waals surface area contributed by atoms with E-state index in [0.717, 1.165) is 16.8 Å². The number of halogens is 1. The summed E-state index contributed by atoms with van der Waals surface area (Å²) in [5, 5.41) is 0.628. The Kier molecular flexibility index (Phi) is 6.23. The van der Waals surface area contributed by atoms with Crippen molar-refractivity contribution < 1.29 is 14.3 Å². The molecule has 0 aliphatic rings. The molecule has 27 heavy (non-hydrogen) atoms. The number of ether oxygens (including phenoxy) is 2. The van der Waals surface area contributed by atoms with Gasteiger partial charge >= 0.3 is 5.97 Å². The number of esters is 1. The second kappa shape index (κ2) is 9.01. The average molecular weight is 380 g/mol. The van der Waals surface area contributed by atoms with Gasteiger partial charge in [0.2, 0.25) is 0 Å². The minimum absolute atomic E-state index is 0.154. The molecule has 0 fully saturated rings. The minimum Gasteiger partial charge on any atom is -0.493 e. The van der Waals surface area contributed by atoms with Crippen LogP contribution < -0.4 is 9.47 Å². The van der Waals surface area contributed by atoms with Gasteiger partial charge in [-0.2, -0.15) is 0 Å². The number of pyridine rings is 1. The molecule has 0 atom stereocenters. The molecule has 0 spiro atoms. The molecule has 0 radical (unpaired) electrons. The van der Waals surface area contributed by atoms with Gasteiger partial charge in [0.15, 0.2) is 11.5 Å². The van der Waals surface area contributed by atoms with Gasteiger partial charge < -0.3 is 9.47 Å². The Morgan fingerprint density at radius 3 is 2.56 bits per heavy atom. The van der Waals surface area contributed by atoms with Gasteiger partial charge in [-0.25, -0.2) is 0 Å². The highest BCUT2D eigenvalue weighted by molar-refractivity contribution is 6.30. The van der Waals surface area contributed by atoms with E-state index in [1.807, 2.05) is 42.5 Å². The zero-order chi connectivity index (χ0) is 19.1. The Morgan fingerprint density at radius 1 is 1.04 bits per heavy atom. The summed E-state index contributed by atoms with van der Waals surface area (Å²) in [6.45, 7) is 0. The lowest BCUT2D eigenvalue weighted by Crippen LogP contribution is -2.11. The summed E-state index contributed by atoms with van der Waals surface area (Å²) in [5.74, 6) is 0.501. The zero-order valence-corrected chi connectivity index (χ0v) is 15.5. The van der Waals surface area contributed by atoms with E-state index in [-0.39, 0.29) is 12.4 Å². The van der Waals surface area contributed by atoms with Crippen LogP contribution in [0.1, 0.15) is 16.8 Å². The van der Waals surface area contributed by atoms with E-state index in [4.69, 9.17) is 21.1 Å². The smallest absolute Gasteiger partial charge is 0.315 e. The summed E-state index contributed by atoms with van der Waals surface area (Å²) in [7, 11) is 1.54. The first-order chi connectivity index (χ1) is 13.1. The molecule has 3 rings (SSSR count). The normalized spacial score (nSPS) is 10.7. The third kappa shape index (κ3) is 5.43. The van der Waals surface area contributed by atoms with Crippen molar-refractivity contribution in [3.8, 4) is 11.5 Å². The highest BCUT2D eigenvalue weighted by Crippen LogP contribution is 2.29. The van der Waals surface area contributed by atoms with E-state index in [1.165, 1.54) is 7.11 Å². The Balaban J connectivity index is 1.69. The van der Waals surface area contributed by atoms with Gasteiger partial charge in [0.25, 0.3) is 0 Å². The quantitative estimate of drug-likeness (QED) is 0.443. The van der Waals surface area contributed by atoms with Crippen LogP contribution in [0.5, 0.6) is 11.5 Å². The molecule has 1 aromatic heterocycles. The van der Waals surface area contributed by atoms with Crippen LogP contribution in [0.15, 0.2) is 66.9 Å². The molecule has 0 amide bonds. The molecule has 4 nitrogen and oxygen atoms in total. The van der Waals surface area contributed by atoms with Crippen LogP contribution in [0.2, 0.25) is 5.02 Å². The zero-order valence-electron chi connectivity index (χ0n) is 14.8. The van der Waals surface area contributed by atoms with Crippen LogP contribution in [-0.4, -0.2) is 18.1 Å². The van der Waals surface area contributed by atoms with Crippen molar-refractivity contribution in [3.05, 3.63) is 88.7 Å². The Labute approximate surface area is 163 Å². The van der Waals surface area contributed by atoms with E-state index < -0.39 is 0 Å². The number of nitrogens with zero attached hydrogens (tertiary/aromatic N) is 1. The van der Waals surface area contributed by atoms with Crippen LogP contribution in [0.4, 0.5) is 0 Å². The second-order valence-corrected chi connectivity index (χ2v) is 6.21. The summed E-state index contributed by atoms with van der Waals surface area (Å²) in [6, 6.07) is 18.2. The summed E-state index contributed by atoms with van der Waals surface area (Å²) in [6.07, 6.45) is 5.72. The van der Waals surface area contributed by atoms with Gasteiger partial charge in [0.05, 0.1) is 19.2 Å². The van der Waals surface area contributed by atoms with Gasteiger partial charge in [0, 0.05) is 11.2 Å². The topological polar surface area (TPSA) is 48.4 Å². The molecular formula is C22H18ClNO3. The lowest BCUT2D eigenvalue weighted by atomic mass is 10.1. The standard InChI is InChI=1S/C22H18ClNO3/c1-26-21-14-16(7-11-19-4-2-3-13-24-19)8-12-20(21)27-22(25)15-17-5-9-18(23)10-6-17/h2-14H,15H2,1H3/b11-7+. The highest BCUT2D eigenvalue weighted by Gasteiger charge is 2.11. The SMILES string of the molecule is COc1cc(/C=C/c2ccccn2)ccc1OC(=O)Cc1ccc(Cl)cc1. The first-order valence-electron chi connectivity index (χ1n) is 8.36. The Bertz CT molecular complexity index is 938. The van der Waals surface area contributed by atoms with Crippen LogP contribution in [0, 0.1) is 0 Å². The van der Waals surface area contributed by atoms with Crippen LogP contribution in [0.25, 0.3) is 12.2 Å². The lowest BCUT2D eigenvalue weighted by Gasteiger charge is -2.10. The van der Waals surface area contributed by atoms with Crippen molar-refractivity contribution in [1.29, 1.82) is 0 Å². The van der Waals surface area contributed by atoms with Crippen molar-refractivity contribution >= 4 is 29.7 Å². The molecule has 136 valence electrons. The molecule has 2 aromatic carbocycles. The fourth-order valence-corrected chi connectivity index (χ4v) is 2.58. The number of methoxy groups -OCH3 is 1. The molecule has 5 heteroatoms. The maximum atomic E-state index is 12.2. The number of carbonyl (C=O) groups is 1. The van der Waals surface area contributed by atoms with Crippen molar-refractivity contribution in [2.75, 3.05) is 7.11 Å². The molecule has 0 saturated heterocycles. The number of benzene rings is 2. The van der Waals surface area contributed by atoms with Gasteiger partial charge in [-0.3, -0.25) is 9.78 Å².